The maximum Gasteiger partial charge on any atom is 0.261 e. The molecule has 5 atom stereocenters. The van der Waals surface area contributed by atoms with Gasteiger partial charge in [-0.3, -0.25) is 9.36 Å². The van der Waals surface area contributed by atoms with Crippen molar-refractivity contribution < 1.29 is 14.2 Å². The van der Waals surface area contributed by atoms with Gasteiger partial charge in [0, 0.05) is 56.5 Å². The Morgan fingerprint density at radius 1 is 1.26 bits per heavy atom. The van der Waals surface area contributed by atoms with Crippen LogP contribution < -0.4 is 20.9 Å². The van der Waals surface area contributed by atoms with Crippen molar-refractivity contribution in [2.75, 3.05) is 38.7 Å². The molecule has 7 rings (SSSR count). The van der Waals surface area contributed by atoms with E-state index in [2.05, 4.69) is 41.3 Å². The number of hydrogen-bond donors (Lipinski definition) is 3. The number of aliphatic imine (C=N–C) groups is 1. The highest BCUT2D eigenvalue weighted by atomic mass is 19.1. The number of guanidine groups is 1. The maximum absolute atomic E-state index is 14.4. The number of aryl methyl sites for hydroxylation is 2. The lowest BCUT2D eigenvalue weighted by Gasteiger charge is -2.61. The third kappa shape index (κ3) is 5.74. The minimum absolute atomic E-state index is 0.0655. The Hall–Kier alpha value is -3.50. The van der Waals surface area contributed by atoms with Gasteiger partial charge >= 0.3 is 0 Å². The number of aliphatic hydroxyl groups excluding tert-OH is 1. The molecule has 1 saturated heterocycles. The summed E-state index contributed by atoms with van der Waals surface area (Å²) >= 11 is 0. The van der Waals surface area contributed by atoms with E-state index >= 15 is 0 Å². The number of nitrogens with one attached hydrogen (secondary N) is 2. The van der Waals surface area contributed by atoms with Crippen LogP contribution >= 0.6 is 0 Å². The quantitative estimate of drug-likeness (QED) is 0.283. The van der Waals surface area contributed by atoms with Crippen LogP contribution in [0.15, 0.2) is 52.5 Å². The van der Waals surface area contributed by atoms with E-state index in [4.69, 9.17) is 9.73 Å². The van der Waals surface area contributed by atoms with E-state index in [1.165, 1.54) is 30.5 Å². The van der Waals surface area contributed by atoms with Crippen LogP contribution in [0.5, 0.6) is 5.75 Å². The van der Waals surface area contributed by atoms with Crippen LogP contribution in [-0.4, -0.2) is 71.0 Å². The summed E-state index contributed by atoms with van der Waals surface area (Å²) in [5.74, 6) is 2.19. The van der Waals surface area contributed by atoms with E-state index in [1.807, 2.05) is 12.1 Å². The third-order valence-electron chi connectivity index (χ3n) is 10.2. The lowest BCUT2D eigenvalue weighted by Crippen LogP contribution is -2.59. The van der Waals surface area contributed by atoms with Crippen LogP contribution in [0.3, 0.4) is 0 Å². The van der Waals surface area contributed by atoms with Gasteiger partial charge in [0.2, 0.25) is 0 Å². The summed E-state index contributed by atoms with van der Waals surface area (Å²) in [6, 6.07) is 10.7. The first kappa shape index (κ1) is 29.6. The second-order valence-electron chi connectivity index (χ2n) is 13.1. The van der Waals surface area contributed by atoms with Crippen LogP contribution in [0.25, 0.3) is 10.9 Å². The maximum atomic E-state index is 14.4. The van der Waals surface area contributed by atoms with Gasteiger partial charge in [0.05, 0.1) is 30.4 Å². The van der Waals surface area contributed by atoms with Gasteiger partial charge in [0.1, 0.15) is 11.6 Å². The van der Waals surface area contributed by atoms with Crippen LogP contribution in [0.4, 0.5) is 10.1 Å². The molecule has 0 unspecified atom stereocenters. The fourth-order valence-corrected chi connectivity index (χ4v) is 7.41. The Morgan fingerprint density at radius 2 is 2.09 bits per heavy atom. The smallest absolute Gasteiger partial charge is 0.261 e. The van der Waals surface area contributed by atoms with Crippen molar-refractivity contribution in [3.8, 4) is 5.75 Å². The summed E-state index contributed by atoms with van der Waals surface area (Å²) in [6.07, 6.45) is 4.06. The van der Waals surface area contributed by atoms with Gasteiger partial charge in [0.25, 0.3) is 5.56 Å². The van der Waals surface area contributed by atoms with Gasteiger partial charge in [-0.05, 0) is 73.3 Å². The zero-order valence-corrected chi connectivity index (χ0v) is 25.5. The molecule has 2 aromatic carbocycles. The number of ether oxygens (including phenoxy) is 1. The summed E-state index contributed by atoms with van der Waals surface area (Å²) in [7, 11) is 1.50. The Kier molecular flexibility index (Phi) is 8.17. The number of nitrogens with zero attached hydrogens (tertiary/aromatic N) is 4. The molecule has 3 N–H and O–H groups in total. The molecule has 4 aliphatic rings. The number of anilines is 1. The normalized spacial score (nSPS) is 26.7. The first-order valence-electron chi connectivity index (χ1n) is 15.4. The zero-order valence-electron chi connectivity index (χ0n) is 25.5. The summed E-state index contributed by atoms with van der Waals surface area (Å²) in [5.41, 5.74) is 2.01. The van der Waals surface area contributed by atoms with E-state index in [1.54, 1.807) is 18.2 Å². The number of rotatable bonds is 7. The molecule has 3 aliphatic carbocycles. The SMILES string of the molecule is COc1ccc(CCn2cnc3cc(NC(=N[C@H]4C[C@H]5C[C@@H]([C@@H]4CO)C5(C)C)N4CCN[C@@H](C)C4)ccc3c2=O)c(F)c1. The molecule has 43 heavy (non-hydrogen) atoms. The fourth-order valence-electron chi connectivity index (χ4n) is 7.41. The Bertz CT molecular complexity index is 1570. The number of methoxy groups -OCH3 is 1. The average molecular weight is 591 g/mol. The van der Waals surface area contributed by atoms with Crippen molar-refractivity contribution in [1.82, 2.24) is 19.8 Å². The molecule has 9 nitrogen and oxygen atoms in total. The summed E-state index contributed by atoms with van der Waals surface area (Å²) < 4.78 is 21.0. The van der Waals surface area contributed by atoms with Crippen LogP contribution in [0.2, 0.25) is 0 Å². The number of hydrogen-bond acceptors (Lipinski definition) is 6. The Balaban J connectivity index is 1.23. The molecular weight excluding hydrogens is 547 g/mol. The molecule has 0 radical (unpaired) electrons. The van der Waals surface area contributed by atoms with Crippen LogP contribution in [-0.2, 0) is 13.0 Å². The second kappa shape index (κ2) is 11.9. The number of halogens is 1. The number of aromatic nitrogens is 2. The first-order chi connectivity index (χ1) is 20.7. The molecule has 2 bridgehead atoms. The van der Waals surface area contributed by atoms with E-state index in [9.17, 15) is 14.3 Å². The summed E-state index contributed by atoms with van der Waals surface area (Å²) in [5, 5.41) is 18.0. The van der Waals surface area contributed by atoms with E-state index in [-0.39, 0.29) is 35.4 Å². The second-order valence-corrected chi connectivity index (χ2v) is 13.1. The molecule has 10 heteroatoms. The number of aliphatic hydroxyl groups is 1. The molecule has 0 spiro atoms. The summed E-state index contributed by atoms with van der Waals surface area (Å²) in [6.45, 7) is 9.83. The van der Waals surface area contributed by atoms with Crippen LogP contribution in [0.1, 0.15) is 39.2 Å². The van der Waals surface area contributed by atoms with Gasteiger partial charge < -0.3 is 25.4 Å². The minimum atomic E-state index is -0.354. The highest BCUT2D eigenvalue weighted by molar-refractivity contribution is 5.96. The first-order valence-corrected chi connectivity index (χ1v) is 15.4. The van der Waals surface area contributed by atoms with Gasteiger partial charge in [-0.2, -0.15) is 0 Å². The van der Waals surface area contributed by atoms with Crippen molar-refractivity contribution in [2.24, 2.45) is 28.2 Å². The highest BCUT2D eigenvalue weighted by Gasteiger charge is 2.57. The molecule has 1 aliphatic heterocycles. The standard InChI is InChI=1S/C33H43FN6O3/c1-20-17-39(12-10-35-20)32(38-30-14-22-13-27(26(30)18-41)33(22,2)3)37-23-6-8-25-29(15-23)36-19-40(31(25)42)11-9-21-5-7-24(43-4)16-28(21)34/h5-8,15-16,19-20,22,26-27,30,35,41H,9-14,17-18H2,1-4H3,(H,37,38)/t20-,22+,26-,27-,30-/m0/s1. The largest absolute Gasteiger partial charge is 0.497 e. The van der Waals surface area contributed by atoms with E-state index < -0.39 is 0 Å². The van der Waals surface area contributed by atoms with E-state index in [0.29, 0.717) is 53.1 Å². The molecule has 2 heterocycles. The number of benzene rings is 2. The third-order valence-corrected chi connectivity index (χ3v) is 10.2. The molecule has 230 valence electrons. The molecular formula is C33H43FN6O3. The van der Waals surface area contributed by atoms with Crippen LogP contribution in [0, 0.1) is 29.0 Å². The Morgan fingerprint density at radius 3 is 2.81 bits per heavy atom. The monoisotopic (exact) mass is 590 g/mol. The predicted molar refractivity (Wildman–Crippen MR) is 167 cm³/mol. The molecule has 4 fully saturated rings. The molecule has 0 amide bonds. The minimum Gasteiger partial charge on any atom is -0.497 e. The zero-order chi connectivity index (χ0) is 30.3. The number of fused-ring (bicyclic) bond motifs is 3. The van der Waals surface area contributed by atoms with Gasteiger partial charge in [0.15, 0.2) is 5.96 Å². The lowest BCUT2D eigenvalue weighted by atomic mass is 9.44. The fraction of sp³-hybridized carbons (Fsp3) is 0.545. The molecule has 3 aromatic rings. The number of piperazine rings is 1. The van der Waals surface area contributed by atoms with Crippen molar-refractivity contribution in [3.63, 3.8) is 0 Å². The Labute approximate surface area is 252 Å². The van der Waals surface area contributed by atoms with Crippen molar-refractivity contribution in [3.05, 3.63) is 64.5 Å². The predicted octanol–water partition coefficient (Wildman–Crippen LogP) is 3.89. The van der Waals surface area contributed by atoms with Crippen molar-refractivity contribution in [1.29, 1.82) is 0 Å². The van der Waals surface area contributed by atoms with Gasteiger partial charge in [-0.25, -0.2) is 14.4 Å². The highest BCUT2D eigenvalue weighted by Crippen LogP contribution is 2.61. The topological polar surface area (TPSA) is 104 Å². The molecule has 3 saturated carbocycles. The molecule has 1 aromatic heterocycles. The van der Waals surface area contributed by atoms with E-state index in [0.717, 1.165) is 37.7 Å². The summed E-state index contributed by atoms with van der Waals surface area (Å²) in [4.78, 5) is 25.5. The van der Waals surface area contributed by atoms with Gasteiger partial charge in [-0.15, -0.1) is 0 Å². The van der Waals surface area contributed by atoms with Gasteiger partial charge in [-0.1, -0.05) is 19.9 Å². The van der Waals surface area contributed by atoms with Crippen molar-refractivity contribution >= 4 is 22.5 Å². The van der Waals surface area contributed by atoms with Crippen molar-refractivity contribution in [2.45, 2.75) is 58.7 Å². The average Bonchev–Trinajstić information content (AvgIpc) is 3.00. The lowest BCUT2D eigenvalue weighted by molar-refractivity contribution is -0.125.